The molecule has 0 saturated carbocycles. The molecule has 2 atom stereocenters. The number of nitrogens with two attached hydrogens (primary N) is 1. The lowest BCUT2D eigenvalue weighted by Crippen LogP contribution is -2.46. The van der Waals surface area contributed by atoms with Crippen LogP contribution in [0.2, 0.25) is 0 Å². The van der Waals surface area contributed by atoms with Gasteiger partial charge in [0.2, 0.25) is 0 Å². The van der Waals surface area contributed by atoms with Gasteiger partial charge in [-0.05, 0) is 73.6 Å². The van der Waals surface area contributed by atoms with Crippen LogP contribution >= 0.6 is 0 Å². The summed E-state index contributed by atoms with van der Waals surface area (Å²) in [4.78, 5) is 2.34. The Hall–Kier alpha value is -2.13. The monoisotopic (exact) mass is 350 g/mol. The molecule has 0 saturated heterocycles. The van der Waals surface area contributed by atoms with Crippen molar-refractivity contribution in [3.8, 4) is 0 Å². The standard InChI is InChI=1S/C23H27FN2/c1-15-12-20-19-7-5-4-6-17(19)13-21(20)22(26(15)14-23(2,3)24)16-8-10-18(25)11-9-16/h4-11,15,22H,12-14,25H2,1-3H3/t15-,22-/m1/s1. The van der Waals surface area contributed by atoms with E-state index in [1.54, 1.807) is 13.8 Å². The molecule has 2 nitrogen and oxygen atoms in total. The zero-order chi connectivity index (χ0) is 18.5. The van der Waals surface area contributed by atoms with Crippen molar-refractivity contribution in [3.63, 3.8) is 0 Å². The first-order valence-electron chi connectivity index (χ1n) is 9.44. The summed E-state index contributed by atoms with van der Waals surface area (Å²) in [5.74, 6) is 0. The van der Waals surface area contributed by atoms with Gasteiger partial charge in [-0.2, -0.15) is 0 Å². The first kappa shape index (κ1) is 17.3. The van der Waals surface area contributed by atoms with Gasteiger partial charge in [0, 0.05) is 18.3 Å². The van der Waals surface area contributed by atoms with Crippen molar-refractivity contribution in [2.75, 3.05) is 12.3 Å². The Kier molecular flexibility index (Phi) is 4.15. The highest BCUT2D eigenvalue weighted by molar-refractivity contribution is 5.79. The van der Waals surface area contributed by atoms with Crippen molar-refractivity contribution in [1.29, 1.82) is 0 Å². The van der Waals surface area contributed by atoms with Crippen LogP contribution in [-0.2, 0) is 6.42 Å². The van der Waals surface area contributed by atoms with E-state index in [1.807, 2.05) is 12.1 Å². The van der Waals surface area contributed by atoms with Gasteiger partial charge in [0.25, 0.3) is 0 Å². The van der Waals surface area contributed by atoms with E-state index < -0.39 is 5.67 Å². The average Bonchev–Trinajstić information content (AvgIpc) is 2.94. The van der Waals surface area contributed by atoms with E-state index >= 15 is 0 Å². The summed E-state index contributed by atoms with van der Waals surface area (Å²) in [7, 11) is 0. The summed E-state index contributed by atoms with van der Waals surface area (Å²) in [6.07, 6.45) is 1.93. The number of anilines is 1. The Balaban J connectivity index is 1.82. The number of hydrogen-bond donors (Lipinski definition) is 1. The molecule has 0 fully saturated rings. The van der Waals surface area contributed by atoms with Crippen molar-refractivity contribution in [1.82, 2.24) is 4.90 Å². The second-order valence-corrected chi connectivity index (χ2v) is 8.35. The van der Waals surface area contributed by atoms with Gasteiger partial charge >= 0.3 is 0 Å². The molecule has 1 aliphatic carbocycles. The maximum absolute atomic E-state index is 14.6. The normalized spacial score (nSPS) is 23.1. The van der Waals surface area contributed by atoms with Crippen LogP contribution < -0.4 is 5.73 Å². The van der Waals surface area contributed by atoms with E-state index in [4.69, 9.17) is 5.73 Å². The number of alkyl halides is 1. The molecule has 26 heavy (non-hydrogen) atoms. The molecule has 0 radical (unpaired) electrons. The number of benzene rings is 2. The molecular weight excluding hydrogens is 323 g/mol. The molecule has 2 N–H and O–H groups in total. The third-order valence-corrected chi connectivity index (χ3v) is 5.65. The lowest BCUT2D eigenvalue weighted by molar-refractivity contribution is 0.0702. The topological polar surface area (TPSA) is 29.3 Å². The van der Waals surface area contributed by atoms with E-state index in [0.29, 0.717) is 6.54 Å². The van der Waals surface area contributed by atoms with Crippen molar-refractivity contribution in [2.45, 2.75) is 51.4 Å². The number of fused-ring (bicyclic) bond motifs is 2. The largest absolute Gasteiger partial charge is 0.399 e. The van der Waals surface area contributed by atoms with Crippen LogP contribution in [-0.4, -0.2) is 23.2 Å². The maximum Gasteiger partial charge on any atom is 0.118 e. The summed E-state index contributed by atoms with van der Waals surface area (Å²) in [6, 6.07) is 17.2. The van der Waals surface area contributed by atoms with Crippen LogP contribution in [0.15, 0.2) is 54.1 Å². The first-order chi connectivity index (χ1) is 12.3. The first-order valence-corrected chi connectivity index (χ1v) is 9.44. The molecule has 2 aromatic rings. The van der Waals surface area contributed by atoms with Crippen molar-refractivity contribution < 1.29 is 4.39 Å². The minimum absolute atomic E-state index is 0.108. The highest BCUT2D eigenvalue weighted by atomic mass is 19.1. The predicted molar refractivity (Wildman–Crippen MR) is 107 cm³/mol. The van der Waals surface area contributed by atoms with E-state index in [-0.39, 0.29) is 12.1 Å². The van der Waals surface area contributed by atoms with Gasteiger partial charge in [-0.1, -0.05) is 36.4 Å². The lowest BCUT2D eigenvalue weighted by atomic mass is 9.84. The van der Waals surface area contributed by atoms with Gasteiger partial charge in [0.15, 0.2) is 0 Å². The fourth-order valence-corrected chi connectivity index (χ4v) is 4.58. The van der Waals surface area contributed by atoms with Gasteiger partial charge in [-0.15, -0.1) is 0 Å². The number of nitrogens with zero attached hydrogens (tertiary/aromatic N) is 1. The van der Waals surface area contributed by atoms with E-state index in [1.165, 1.54) is 27.8 Å². The number of rotatable bonds is 3. The Bertz CT molecular complexity index is 845. The van der Waals surface area contributed by atoms with Crippen molar-refractivity contribution in [2.24, 2.45) is 0 Å². The average molecular weight is 350 g/mol. The van der Waals surface area contributed by atoms with Crippen LogP contribution in [0.3, 0.4) is 0 Å². The summed E-state index contributed by atoms with van der Waals surface area (Å²) in [6.45, 7) is 6.00. The second-order valence-electron chi connectivity index (χ2n) is 8.35. The van der Waals surface area contributed by atoms with Gasteiger partial charge in [-0.3, -0.25) is 4.90 Å². The third kappa shape index (κ3) is 3.05. The Labute approximate surface area is 155 Å². The van der Waals surface area contributed by atoms with Crippen molar-refractivity contribution in [3.05, 3.63) is 70.8 Å². The van der Waals surface area contributed by atoms with E-state index in [0.717, 1.165) is 18.5 Å². The van der Waals surface area contributed by atoms with E-state index in [9.17, 15) is 4.39 Å². The minimum atomic E-state index is -1.23. The van der Waals surface area contributed by atoms with Gasteiger partial charge in [-0.25, -0.2) is 4.39 Å². The van der Waals surface area contributed by atoms with Crippen molar-refractivity contribution >= 4 is 11.3 Å². The van der Waals surface area contributed by atoms with Crippen LogP contribution in [0.25, 0.3) is 5.57 Å². The molecule has 136 valence electrons. The molecular formula is C23H27FN2. The summed E-state index contributed by atoms with van der Waals surface area (Å²) in [5.41, 5.74) is 12.3. The lowest BCUT2D eigenvalue weighted by Gasteiger charge is -2.44. The molecule has 0 amide bonds. The Morgan fingerprint density at radius 1 is 1.12 bits per heavy atom. The molecule has 1 heterocycles. The van der Waals surface area contributed by atoms with Crippen LogP contribution in [0.4, 0.5) is 10.1 Å². The number of halogens is 1. The summed E-state index contributed by atoms with van der Waals surface area (Å²) >= 11 is 0. The Morgan fingerprint density at radius 2 is 1.81 bits per heavy atom. The van der Waals surface area contributed by atoms with E-state index in [2.05, 4.69) is 48.2 Å². The highest BCUT2D eigenvalue weighted by Gasteiger charge is 2.40. The summed E-state index contributed by atoms with van der Waals surface area (Å²) in [5, 5.41) is 0. The van der Waals surface area contributed by atoms with Gasteiger partial charge < -0.3 is 5.73 Å². The third-order valence-electron chi connectivity index (χ3n) is 5.65. The SMILES string of the molecule is C[C@@H]1CC2=C(Cc3ccccc32)[C@@H](c2ccc(N)cc2)N1CC(C)(C)F. The minimum Gasteiger partial charge on any atom is -0.399 e. The Morgan fingerprint density at radius 3 is 2.50 bits per heavy atom. The number of hydrogen-bond acceptors (Lipinski definition) is 2. The zero-order valence-electron chi connectivity index (χ0n) is 15.8. The molecule has 2 aliphatic rings. The van der Waals surface area contributed by atoms with Crippen LogP contribution in [0.1, 0.15) is 49.9 Å². The molecule has 2 aromatic carbocycles. The smallest absolute Gasteiger partial charge is 0.118 e. The molecule has 3 heteroatoms. The summed E-state index contributed by atoms with van der Waals surface area (Å²) < 4.78 is 14.6. The molecule has 0 unspecified atom stereocenters. The molecule has 0 spiro atoms. The molecule has 4 rings (SSSR count). The maximum atomic E-state index is 14.6. The second kappa shape index (κ2) is 6.24. The van der Waals surface area contributed by atoms with Gasteiger partial charge in [0.05, 0.1) is 6.04 Å². The fraction of sp³-hybridized carbons (Fsp3) is 0.391. The van der Waals surface area contributed by atoms with Crippen LogP contribution in [0.5, 0.6) is 0 Å². The predicted octanol–water partition coefficient (Wildman–Crippen LogP) is 5.16. The fourth-order valence-electron chi connectivity index (χ4n) is 4.58. The molecule has 0 bridgehead atoms. The highest BCUT2D eigenvalue weighted by Crippen LogP contribution is 2.49. The van der Waals surface area contributed by atoms with Crippen LogP contribution in [0, 0.1) is 0 Å². The molecule has 1 aliphatic heterocycles. The van der Waals surface area contributed by atoms with Gasteiger partial charge in [0.1, 0.15) is 5.67 Å². The quantitative estimate of drug-likeness (QED) is 0.775. The zero-order valence-corrected chi connectivity index (χ0v) is 15.8. The molecule has 0 aromatic heterocycles. The number of nitrogen functional groups attached to an aromatic ring is 1.